The van der Waals surface area contributed by atoms with Crippen LogP contribution in [-0.2, 0) is 13.0 Å². The Bertz CT molecular complexity index is 639. The summed E-state index contributed by atoms with van der Waals surface area (Å²) in [4.78, 5) is 2.43. The zero-order chi connectivity index (χ0) is 14.8. The zero-order valence-electron chi connectivity index (χ0n) is 12.3. The van der Waals surface area contributed by atoms with Crippen molar-refractivity contribution >= 4 is 5.69 Å². The number of fused-ring (bicyclic) bond motifs is 1. The minimum Gasteiger partial charge on any atom is -0.398 e. The average molecular weight is 284 g/mol. The molecule has 0 fully saturated rings. The van der Waals surface area contributed by atoms with Gasteiger partial charge in [0.25, 0.3) is 0 Å². The second kappa shape index (κ2) is 5.86. The first-order valence-electron chi connectivity index (χ1n) is 7.54. The van der Waals surface area contributed by atoms with Crippen molar-refractivity contribution in [2.45, 2.75) is 32.4 Å². The largest absolute Gasteiger partial charge is 0.398 e. The minimum atomic E-state index is -0.160. The Hall–Kier alpha value is -1.87. The standard InChI is InChI=1S/C18H21FN2/c1-2-18(13-5-3-7-15(19)11-13)21-10-9-16-14(12-21)6-4-8-17(16)20/h3-8,11,18H,2,9-10,12,20H2,1H3. The van der Waals surface area contributed by atoms with Crippen molar-refractivity contribution in [3.8, 4) is 0 Å². The smallest absolute Gasteiger partial charge is 0.123 e. The number of hydrogen-bond acceptors (Lipinski definition) is 2. The van der Waals surface area contributed by atoms with Crippen molar-refractivity contribution in [3.05, 3.63) is 65.0 Å². The zero-order valence-corrected chi connectivity index (χ0v) is 12.3. The lowest BCUT2D eigenvalue weighted by Gasteiger charge is -2.36. The van der Waals surface area contributed by atoms with E-state index in [1.165, 1.54) is 17.2 Å². The Balaban J connectivity index is 1.87. The molecule has 1 heterocycles. The summed E-state index contributed by atoms with van der Waals surface area (Å²) in [6.07, 6.45) is 1.94. The molecule has 1 aliphatic heterocycles. The van der Waals surface area contributed by atoms with Gasteiger partial charge in [-0.05, 0) is 47.7 Å². The van der Waals surface area contributed by atoms with Crippen LogP contribution in [0.5, 0.6) is 0 Å². The maximum Gasteiger partial charge on any atom is 0.123 e. The van der Waals surface area contributed by atoms with Crippen LogP contribution in [0.4, 0.5) is 10.1 Å². The summed E-state index contributed by atoms with van der Waals surface area (Å²) >= 11 is 0. The number of anilines is 1. The van der Waals surface area contributed by atoms with Crippen LogP contribution >= 0.6 is 0 Å². The number of hydrogen-bond donors (Lipinski definition) is 1. The minimum absolute atomic E-state index is 0.160. The van der Waals surface area contributed by atoms with Gasteiger partial charge in [0.15, 0.2) is 0 Å². The molecular formula is C18H21FN2. The van der Waals surface area contributed by atoms with Crippen LogP contribution in [0, 0.1) is 5.82 Å². The van der Waals surface area contributed by atoms with Gasteiger partial charge in [0, 0.05) is 24.8 Å². The molecule has 0 aromatic heterocycles. The fraction of sp³-hybridized carbons (Fsp3) is 0.333. The third kappa shape index (κ3) is 2.79. The van der Waals surface area contributed by atoms with Crippen LogP contribution < -0.4 is 5.73 Å². The van der Waals surface area contributed by atoms with Crippen LogP contribution in [0.15, 0.2) is 42.5 Å². The number of nitrogens with two attached hydrogens (primary N) is 1. The summed E-state index contributed by atoms with van der Waals surface area (Å²) in [5, 5.41) is 0. The molecule has 1 unspecified atom stereocenters. The van der Waals surface area contributed by atoms with E-state index >= 15 is 0 Å². The molecular weight excluding hydrogens is 263 g/mol. The topological polar surface area (TPSA) is 29.3 Å². The molecule has 0 radical (unpaired) electrons. The Labute approximate surface area is 125 Å². The lowest BCUT2D eigenvalue weighted by Crippen LogP contribution is -2.34. The number of halogens is 1. The van der Waals surface area contributed by atoms with Crippen LogP contribution in [0.25, 0.3) is 0 Å². The normalized spacial score (nSPS) is 16.5. The predicted octanol–water partition coefficient (Wildman–Crippen LogP) is 3.92. The molecule has 0 aliphatic carbocycles. The first kappa shape index (κ1) is 14.1. The molecule has 2 aromatic rings. The van der Waals surface area contributed by atoms with E-state index in [4.69, 9.17) is 5.73 Å². The van der Waals surface area contributed by atoms with Gasteiger partial charge < -0.3 is 5.73 Å². The van der Waals surface area contributed by atoms with E-state index in [1.807, 2.05) is 18.2 Å². The van der Waals surface area contributed by atoms with Crippen LogP contribution in [0.3, 0.4) is 0 Å². The Morgan fingerprint density at radius 3 is 2.81 bits per heavy atom. The number of nitrogen functional groups attached to an aromatic ring is 1. The van der Waals surface area contributed by atoms with E-state index in [-0.39, 0.29) is 11.9 Å². The average Bonchev–Trinajstić information content (AvgIpc) is 2.48. The molecule has 0 amide bonds. The summed E-state index contributed by atoms with van der Waals surface area (Å²) in [6, 6.07) is 13.4. The van der Waals surface area contributed by atoms with E-state index in [1.54, 1.807) is 12.1 Å². The molecule has 3 heteroatoms. The predicted molar refractivity (Wildman–Crippen MR) is 84.4 cm³/mol. The number of nitrogens with zero attached hydrogens (tertiary/aromatic N) is 1. The Morgan fingerprint density at radius 2 is 2.05 bits per heavy atom. The van der Waals surface area contributed by atoms with E-state index in [0.717, 1.165) is 37.2 Å². The highest BCUT2D eigenvalue weighted by atomic mass is 19.1. The molecule has 2 nitrogen and oxygen atoms in total. The quantitative estimate of drug-likeness (QED) is 0.866. The fourth-order valence-corrected chi connectivity index (χ4v) is 3.35. The Kier molecular flexibility index (Phi) is 3.93. The van der Waals surface area contributed by atoms with Gasteiger partial charge in [-0.1, -0.05) is 31.2 Å². The molecule has 110 valence electrons. The lowest BCUT2D eigenvalue weighted by molar-refractivity contribution is 0.174. The Morgan fingerprint density at radius 1 is 1.24 bits per heavy atom. The van der Waals surface area contributed by atoms with E-state index in [0.29, 0.717) is 0 Å². The summed E-state index contributed by atoms with van der Waals surface area (Å²) in [5.41, 5.74) is 10.6. The molecule has 0 saturated carbocycles. The van der Waals surface area contributed by atoms with Crippen molar-refractivity contribution in [1.82, 2.24) is 4.90 Å². The van der Waals surface area contributed by atoms with Crippen LogP contribution in [0.1, 0.15) is 36.1 Å². The monoisotopic (exact) mass is 284 g/mol. The van der Waals surface area contributed by atoms with Crippen molar-refractivity contribution in [2.75, 3.05) is 12.3 Å². The molecule has 21 heavy (non-hydrogen) atoms. The number of benzene rings is 2. The maximum atomic E-state index is 13.5. The van der Waals surface area contributed by atoms with E-state index in [2.05, 4.69) is 17.9 Å². The van der Waals surface area contributed by atoms with Gasteiger partial charge in [-0.2, -0.15) is 0 Å². The molecule has 1 atom stereocenters. The van der Waals surface area contributed by atoms with Gasteiger partial charge in [0.2, 0.25) is 0 Å². The van der Waals surface area contributed by atoms with Crippen molar-refractivity contribution < 1.29 is 4.39 Å². The molecule has 0 saturated heterocycles. The van der Waals surface area contributed by atoms with Gasteiger partial charge in [0.05, 0.1) is 0 Å². The third-order valence-electron chi connectivity index (χ3n) is 4.39. The second-order valence-corrected chi connectivity index (χ2v) is 5.68. The third-order valence-corrected chi connectivity index (χ3v) is 4.39. The van der Waals surface area contributed by atoms with Crippen molar-refractivity contribution in [2.24, 2.45) is 0 Å². The van der Waals surface area contributed by atoms with Crippen LogP contribution in [-0.4, -0.2) is 11.4 Å². The molecule has 2 aromatic carbocycles. The summed E-state index contributed by atoms with van der Waals surface area (Å²) in [7, 11) is 0. The van der Waals surface area contributed by atoms with E-state index < -0.39 is 0 Å². The van der Waals surface area contributed by atoms with Gasteiger partial charge >= 0.3 is 0 Å². The van der Waals surface area contributed by atoms with Gasteiger partial charge in [-0.25, -0.2) is 4.39 Å². The van der Waals surface area contributed by atoms with Crippen LogP contribution in [0.2, 0.25) is 0 Å². The first-order valence-corrected chi connectivity index (χ1v) is 7.54. The summed E-state index contributed by atoms with van der Waals surface area (Å²) in [5.74, 6) is -0.160. The molecule has 0 bridgehead atoms. The fourth-order valence-electron chi connectivity index (χ4n) is 3.35. The van der Waals surface area contributed by atoms with Gasteiger partial charge in [-0.3, -0.25) is 4.90 Å². The van der Waals surface area contributed by atoms with Gasteiger partial charge in [0.1, 0.15) is 5.82 Å². The second-order valence-electron chi connectivity index (χ2n) is 5.68. The number of rotatable bonds is 3. The maximum absolute atomic E-state index is 13.5. The highest BCUT2D eigenvalue weighted by Gasteiger charge is 2.24. The lowest BCUT2D eigenvalue weighted by atomic mass is 9.94. The highest BCUT2D eigenvalue weighted by Crippen LogP contribution is 2.32. The molecule has 2 N–H and O–H groups in total. The molecule has 0 spiro atoms. The van der Waals surface area contributed by atoms with Gasteiger partial charge in [-0.15, -0.1) is 0 Å². The van der Waals surface area contributed by atoms with Crippen molar-refractivity contribution in [1.29, 1.82) is 0 Å². The highest BCUT2D eigenvalue weighted by molar-refractivity contribution is 5.52. The molecule has 3 rings (SSSR count). The SMILES string of the molecule is CCC(c1cccc(F)c1)N1CCc2c(N)cccc2C1. The first-order chi connectivity index (χ1) is 10.2. The van der Waals surface area contributed by atoms with Crippen molar-refractivity contribution in [3.63, 3.8) is 0 Å². The summed E-state index contributed by atoms with van der Waals surface area (Å²) in [6.45, 7) is 4.01. The molecule has 1 aliphatic rings. The van der Waals surface area contributed by atoms with E-state index in [9.17, 15) is 4.39 Å². The summed E-state index contributed by atoms with van der Waals surface area (Å²) < 4.78 is 13.5.